The highest BCUT2D eigenvalue weighted by Gasteiger charge is 2.53. The van der Waals surface area contributed by atoms with Crippen LogP contribution in [0, 0.1) is 11.8 Å². The Morgan fingerprint density at radius 3 is 2.78 bits per heavy atom. The van der Waals surface area contributed by atoms with Gasteiger partial charge in [-0.2, -0.15) is 0 Å². The topological polar surface area (TPSA) is 49.8 Å². The summed E-state index contributed by atoms with van der Waals surface area (Å²) in [7, 11) is 0. The van der Waals surface area contributed by atoms with Crippen LogP contribution in [0.15, 0.2) is 28.7 Å². The first-order valence-corrected chi connectivity index (χ1v) is 8.95. The van der Waals surface area contributed by atoms with Gasteiger partial charge in [0.1, 0.15) is 5.60 Å². The van der Waals surface area contributed by atoms with Crippen molar-refractivity contribution in [3.05, 3.63) is 34.3 Å². The second kappa shape index (κ2) is 5.78. The standard InChI is InChI=1S/C18H24BrNO3/c1-17(2,3)23-16(21)20-10-12-7-8-18(22,15(12)11-20)13-5-4-6-14(19)9-13/h4-6,9,12,15,22H,7-8,10-11H2,1-3H3. The fourth-order valence-corrected chi connectivity index (χ4v) is 4.29. The average Bonchev–Trinajstić information content (AvgIpc) is 2.99. The highest BCUT2D eigenvalue weighted by atomic mass is 79.9. The lowest BCUT2D eigenvalue weighted by Crippen LogP contribution is -2.38. The van der Waals surface area contributed by atoms with Crippen LogP contribution in [0.3, 0.4) is 0 Å². The number of fused-ring (bicyclic) bond motifs is 1. The number of amides is 1. The first-order valence-electron chi connectivity index (χ1n) is 8.15. The minimum Gasteiger partial charge on any atom is -0.444 e. The highest BCUT2D eigenvalue weighted by Crippen LogP contribution is 2.50. The second-order valence-corrected chi connectivity index (χ2v) is 8.64. The Kier molecular flexibility index (Phi) is 4.21. The molecule has 1 aliphatic carbocycles. The summed E-state index contributed by atoms with van der Waals surface area (Å²) >= 11 is 3.48. The molecule has 1 aromatic carbocycles. The molecule has 4 nitrogen and oxygen atoms in total. The number of benzene rings is 1. The van der Waals surface area contributed by atoms with Gasteiger partial charge in [-0.05, 0) is 57.2 Å². The minimum atomic E-state index is -0.856. The van der Waals surface area contributed by atoms with Crippen molar-refractivity contribution in [1.82, 2.24) is 4.90 Å². The van der Waals surface area contributed by atoms with Gasteiger partial charge < -0.3 is 14.7 Å². The lowest BCUT2D eigenvalue weighted by atomic mass is 9.82. The van der Waals surface area contributed by atoms with E-state index in [9.17, 15) is 9.90 Å². The number of ether oxygens (including phenoxy) is 1. The maximum Gasteiger partial charge on any atom is 0.410 e. The summed E-state index contributed by atoms with van der Waals surface area (Å²) in [5.41, 5.74) is -0.411. The zero-order valence-corrected chi connectivity index (χ0v) is 15.5. The van der Waals surface area contributed by atoms with Crippen LogP contribution in [0.4, 0.5) is 4.79 Å². The summed E-state index contributed by atoms with van der Waals surface area (Å²) < 4.78 is 6.44. The Labute approximate surface area is 145 Å². The van der Waals surface area contributed by atoms with Crippen LogP contribution in [0.25, 0.3) is 0 Å². The molecular weight excluding hydrogens is 358 g/mol. The van der Waals surface area contributed by atoms with Crippen molar-refractivity contribution in [3.8, 4) is 0 Å². The van der Waals surface area contributed by atoms with Gasteiger partial charge in [-0.25, -0.2) is 4.79 Å². The molecule has 2 aliphatic rings. The molecule has 1 aliphatic heterocycles. The average molecular weight is 382 g/mol. The van der Waals surface area contributed by atoms with E-state index in [-0.39, 0.29) is 12.0 Å². The molecule has 0 bridgehead atoms. The molecule has 2 fully saturated rings. The molecule has 1 N–H and O–H groups in total. The molecule has 1 saturated heterocycles. The zero-order chi connectivity index (χ0) is 16.8. The lowest BCUT2D eigenvalue weighted by molar-refractivity contribution is -0.0102. The van der Waals surface area contributed by atoms with Crippen molar-refractivity contribution in [2.24, 2.45) is 11.8 Å². The van der Waals surface area contributed by atoms with Gasteiger partial charge in [-0.3, -0.25) is 0 Å². The summed E-state index contributed by atoms with van der Waals surface area (Å²) in [6, 6.07) is 7.87. The normalized spacial score (nSPS) is 30.4. The third-order valence-corrected chi connectivity index (χ3v) is 5.42. The van der Waals surface area contributed by atoms with Crippen molar-refractivity contribution in [2.45, 2.75) is 44.8 Å². The molecule has 23 heavy (non-hydrogen) atoms. The van der Waals surface area contributed by atoms with E-state index in [0.29, 0.717) is 19.0 Å². The van der Waals surface area contributed by atoms with Crippen LogP contribution >= 0.6 is 15.9 Å². The highest BCUT2D eigenvalue weighted by molar-refractivity contribution is 9.10. The summed E-state index contributed by atoms with van der Waals surface area (Å²) in [4.78, 5) is 14.1. The largest absolute Gasteiger partial charge is 0.444 e. The number of carbonyl (C=O) groups is 1. The molecule has 1 heterocycles. The van der Waals surface area contributed by atoms with Crippen molar-refractivity contribution in [1.29, 1.82) is 0 Å². The maximum absolute atomic E-state index is 12.3. The number of carbonyl (C=O) groups excluding carboxylic acids is 1. The number of nitrogens with zero attached hydrogens (tertiary/aromatic N) is 1. The van der Waals surface area contributed by atoms with Crippen molar-refractivity contribution >= 4 is 22.0 Å². The van der Waals surface area contributed by atoms with Gasteiger partial charge in [0.05, 0.1) is 5.60 Å². The van der Waals surface area contributed by atoms with Crippen molar-refractivity contribution < 1.29 is 14.6 Å². The Morgan fingerprint density at radius 2 is 2.13 bits per heavy atom. The van der Waals surface area contributed by atoms with Crippen LogP contribution in [0.1, 0.15) is 39.2 Å². The molecule has 3 rings (SSSR count). The SMILES string of the molecule is CC(C)(C)OC(=O)N1CC2CCC(O)(c3cccc(Br)c3)C2C1. The molecule has 3 atom stereocenters. The lowest BCUT2D eigenvalue weighted by Gasteiger charge is -2.31. The van der Waals surface area contributed by atoms with E-state index < -0.39 is 11.2 Å². The van der Waals surface area contributed by atoms with Crippen LogP contribution < -0.4 is 0 Å². The van der Waals surface area contributed by atoms with E-state index in [4.69, 9.17) is 4.74 Å². The van der Waals surface area contributed by atoms with E-state index in [1.54, 1.807) is 4.90 Å². The number of hydrogen-bond donors (Lipinski definition) is 1. The van der Waals surface area contributed by atoms with Gasteiger partial charge >= 0.3 is 6.09 Å². The second-order valence-electron chi connectivity index (χ2n) is 7.73. The molecule has 3 unspecified atom stereocenters. The Hall–Kier alpha value is -1.07. The number of likely N-dealkylation sites (tertiary alicyclic amines) is 1. The number of aliphatic hydroxyl groups is 1. The van der Waals surface area contributed by atoms with Crippen LogP contribution in [0.2, 0.25) is 0 Å². The van der Waals surface area contributed by atoms with Crippen LogP contribution in [-0.4, -0.2) is 34.8 Å². The predicted octanol–water partition coefficient (Wildman–Crippen LogP) is 3.91. The zero-order valence-electron chi connectivity index (χ0n) is 13.9. The van der Waals surface area contributed by atoms with Crippen LogP contribution in [-0.2, 0) is 10.3 Å². The van der Waals surface area contributed by atoms with E-state index in [1.165, 1.54) is 0 Å². The van der Waals surface area contributed by atoms with Crippen LogP contribution in [0.5, 0.6) is 0 Å². The monoisotopic (exact) mass is 381 g/mol. The molecule has 0 aromatic heterocycles. The summed E-state index contributed by atoms with van der Waals surface area (Å²) in [6.07, 6.45) is 1.41. The minimum absolute atomic E-state index is 0.0734. The Balaban J connectivity index is 1.78. The van der Waals surface area contributed by atoms with Gasteiger partial charge in [0.25, 0.3) is 0 Å². The summed E-state index contributed by atoms with van der Waals surface area (Å²) in [6.45, 7) is 6.86. The fraction of sp³-hybridized carbons (Fsp3) is 0.611. The van der Waals surface area contributed by atoms with Gasteiger partial charge in [0.15, 0.2) is 0 Å². The van der Waals surface area contributed by atoms with Gasteiger partial charge in [-0.1, -0.05) is 28.1 Å². The van der Waals surface area contributed by atoms with Crippen molar-refractivity contribution in [3.63, 3.8) is 0 Å². The Morgan fingerprint density at radius 1 is 1.39 bits per heavy atom. The summed E-state index contributed by atoms with van der Waals surface area (Å²) in [5, 5.41) is 11.3. The van der Waals surface area contributed by atoms with E-state index >= 15 is 0 Å². The van der Waals surface area contributed by atoms with Gasteiger partial charge in [-0.15, -0.1) is 0 Å². The van der Waals surface area contributed by atoms with E-state index in [1.807, 2.05) is 45.0 Å². The molecule has 0 spiro atoms. The smallest absolute Gasteiger partial charge is 0.410 e. The third kappa shape index (κ3) is 3.26. The van der Waals surface area contributed by atoms with E-state index in [0.717, 1.165) is 22.9 Å². The first kappa shape index (κ1) is 16.8. The molecule has 0 radical (unpaired) electrons. The molecule has 1 aromatic rings. The molecule has 1 saturated carbocycles. The molecular formula is C18H24BrNO3. The fourth-order valence-electron chi connectivity index (χ4n) is 3.89. The Bertz CT molecular complexity index is 613. The van der Waals surface area contributed by atoms with E-state index in [2.05, 4.69) is 15.9 Å². The predicted molar refractivity (Wildman–Crippen MR) is 92.1 cm³/mol. The third-order valence-electron chi connectivity index (χ3n) is 4.93. The maximum atomic E-state index is 12.3. The molecule has 126 valence electrons. The molecule has 5 heteroatoms. The van der Waals surface area contributed by atoms with Crippen molar-refractivity contribution in [2.75, 3.05) is 13.1 Å². The summed E-state index contributed by atoms with van der Waals surface area (Å²) in [5.74, 6) is 0.413. The van der Waals surface area contributed by atoms with Gasteiger partial charge in [0.2, 0.25) is 0 Å². The quantitative estimate of drug-likeness (QED) is 0.801. The number of hydrogen-bond acceptors (Lipinski definition) is 3. The number of halogens is 1. The number of rotatable bonds is 1. The molecule has 1 amide bonds. The first-order chi connectivity index (χ1) is 10.7. The van der Waals surface area contributed by atoms with Gasteiger partial charge in [0, 0.05) is 23.5 Å².